The van der Waals surface area contributed by atoms with Crippen LogP contribution in [-0.4, -0.2) is 13.4 Å². The Morgan fingerprint density at radius 3 is 2.38 bits per heavy atom. The van der Waals surface area contributed by atoms with E-state index in [4.69, 9.17) is 0 Å². The molecule has 1 heterocycles. The Balaban J connectivity index is 2.05. The van der Waals surface area contributed by atoms with Crippen molar-refractivity contribution in [2.24, 2.45) is 5.92 Å². The van der Waals surface area contributed by atoms with E-state index in [1.165, 1.54) is 0 Å². The van der Waals surface area contributed by atoms with Crippen LogP contribution in [0.5, 0.6) is 0 Å². The third-order valence-electron chi connectivity index (χ3n) is 3.07. The van der Waals surface area contributed by atoms with Crippen molar-refractivity contribution in [3.05, 3.63) is 59.9 Å². The number of hydrogen-bond donors (Lipinski definition) is 1. The van der Waals surface area contributed by atoms with Crippen molar-refractivity contribution < 1.29 is 8.42 Å². The van der Waals surface area contributed by atoms with Gasteiger partial charge in [0.25, 0.3) is 0 Å². The van der Waals surface area contributed by atoms with E-state index in [9.17, 15) is 8.42 Å². The van der Waals surface area contributed by atoms with Crippen LogP contribution in [0.3, 0.4) is 0 Å². The standard InChI is InChI=1S/C16H20N2O2S/c1-13(2)10-14-5-7-16(8-6-14)21(19,20)18-12-15-4-3-9-17-11-15/h3-9,11,13,18H,10,12H2,1-2H3. The number of nitrogens with one attached hydrogen (secondary N) is 1. The first-order valence-corrected chi connectivity index (χ1v) is 8.43. The van der Waals surface area contributed by atoms with Crippen molar-refractivity contribution in [2.45, 2.75) is 31.7 Å². The summed E-state index contributed by atoms with van der Waals surface area (Å²) in [7, 11) is -3.48. The summed E-state index contributed by atoms with van der Waals surface area (Å²) in [5.74, 6) is 0.552. The molecule has 21 heavy (non-hydrogen) atoms. The van der Waals surface area contributed by atoms with Gasteiger partial charge in [-0.15, -0.1) is 0 Å². The Kier molecular flexibility index (Phi) is 5.09. The lowest BCUT2D eigenvalue weighted by molar-refractivity contribution is 0.581. The molecule has 0 amide bonds. The van der Waals surface area contributed by atoms with Crippen LogP contribution in [-0.2, 0) is 23.0 Å². The van der Waals surface area contributed by atoms with Gasteiger partial charge in [0, 0.05) is 18.9 Å². The average molecular weight is 304 g/mol. The zero-order chi connectivity index (χ0) is 15.3. The molecule has 0 bridgehead atoms. The first kappa shape index (κ1) is 15.7. The number of aromatic nitrogens is 1. The molecule has 0 aliphatic rings. The minimum absolute atomic E-state index is 0.240. The molecule has 0 saturated carbocycles. The minimum Gasteiger partial charge on any atom is -0.264 e. The summed E-state index contributed by atoms with van der Waals surface area (Å²) in [4.78, 5) is 4.25. The lowest BCUT2D eigenvalue weighted by atomic mass is 10.0. The van der Waals surface area contributed by atoms with E-state index < -0.39 is 10.0 Å². The second-order valence-electron chi connectivity index (χ2n) is 5.43. The molecule has 112 valence electrons. The topological polar surface area (TPSA) is 59.1 Å². The van der Waals surface area contributed by atoms with Gasteiger partial charge in [-0.3, -0.25) is 4.98 Å². The van der Waals surface area contributed by atoms with E-state index in [1.807, 2.05) is 18.2 Å². The van der Waals surface area contributed by atoms with Gasteiger partial charge < -0.3 is 0 Å². The van der Waals surface area contributed by atoms with Crippen LogP contribution in [0.25, 0.3) is 0 Å². The smallest absolute Gasteiger partial charge is 0.240 e. The summed E-state index contributed by atoms with van der Waals surface area (Å²) < 4.78 is 27.0. The maximum Gasteiger partial charge on any atom is 0.240 e. The van der Waals surface area contributed by atoms with E-state index in [0.29, 0.717) is 10.8 Å². The Labute approximate surface area is 126 Å². The molecule has 0 aliphatic carbocycles. The van der Waals surface area contributed by atoms with Crippen molar-refractivity contribution in [1.29, 1.82) is 0 Å². The fourth-order valence-electron chi connectivity index (χ4n) is 2.04. The molecule has 1 aromatic heterocycles. The van der Waals surface area contributed by atoms with Gasteiger partial charge in [0.1, 0.15) is 0 Å². The number of hydrogen-bond acceptors (Lipinski definition) is 3. The molecular formula is C16H20N2O2S. The van der Waals surface area contributed by atoms with Gasteiger partial charge in [0.05, 0.1) is 4.90 Å². The Morgan fingerprint density at radius 1 is 1.10 bits per heavy atom. The van der Waals surface area contributed by atoms with Crippen LogP contribution < -0.4 is 4.72 Å². The SMILES string of the molecule is CC(C)Cc1ccc(S(=O)(=O)NCc2cccnc2)cc1. The molecule has 0 radical (unpaired) electrons. The van der Waals surface area contributed by atoms with E-state index in [-0.39, 0.29) is 6.54 Å². The number of rotatable bonds is 6. The van der Waals surface area contributed by atoms with Crippen molar-refractivity contribution >= 4 is 10.0 Å². The van der Waals surface area contributed by atoms with Crippen molar-refractivity contribution in [2.75, 3.05) is 0 Å². The molecule has 0 unspecified atom stereocenters. The summed E-state index contributed by atoms with van der Waals surface area (Å²) in [6.45, 7) is 4.52. The van der Waals surface area contributed by atoms with Crippen molar-refractivity contribution in [3.8, 4) is 0 Å². The van der Waals surface area contributed by atoms with Crippen LogP contribution in [0.2, 0.25) is 0 Å². The third kappa shape index (κ3) is 4.65. The Bertz CT molecular complexity index is 665. The predicted octanol–water partition coefficient (Wildman–Crippen LogP) is 2.76. The Morgan fingerprint density at radius 2 is 1.81 bits per heavy atom. The monoisotopic (exact) mass is 304 g/mol. The van der Waals surface area contributed by atoms with Crippen molar-refractivity contribution in [1.82, 2.24) is 9.71 Å². The molecule has 0 atom stereocenters. The highest BCUT2D eigenvalue weighted by Crippen LogP contribution is 2.14. The van der Waals surface area contributed by atoms with Gasteiger partial charge in [-0.25, -0.2) is 13.1 Å². The second kappa shape index (κ2) is 6.83. The fourth-order valence-corrected chi connectivity index (χ4v) is 3.06. The third-order valence-corrected chi connectivity index (χ3v) is 4.48. The highest BCUT2D eigenvalue weighted by Gasteiger charge is 2.13. The average Bonchev–Trinajstić information content (AvgIpc) is 2.46. The zero-order valence-corrected chi connectivity index (χ0v) is 13.1. The Hall–Kier alpha value is -1.72. The second-order valence-corrected chi connectivity index (χ2v) is 7.19. The number of sulfonamides is 1. The summed E-state index contributed by atoms with van der Waals surface area (Å²) in [6, 6.07) is 10.7. The molecule has 2 aromatic rings. The summed E-state index contributed by atoms with van der Waals surface area (Å²) in [5.41, 5.74) is 1.98. The van der Waals surface area contributed by atoms with Crippen LogP contribution in [0.15, 0.2) is 53.7 Å². The predicted molar refractivity (Wildman–Crippen MR) is 83.2 cm³/mol. The molecule has 0 spiro atoms. The summed E-state index contributed by atoms with van der Waals surface area (Å²) >= 11 is 0. The van der Waals surface area contributed by atoms with Crippen molar-refractivity contribution in [3.63, 3.8) is 0 Å². The molecule has 5 heteroatoms. The largest absolute Gasteiger partial charge is 0.264 e. The summed E-state index contributed by atoms with van der Waals surface area (Å²) in [6.07, 6.45) is 4.25. The van der Waals surface area contributed by atoms with Crippen LogP contribution >= 0.6 is 0 Å². The molecule has 1 N–H and O–H groups in total. The zero-order valence-electron chi connectivity index (χ0n) is 12.3. The van der Waals surface area contributed by atoms with Crippen LogP contribution in [0.4, 0.5) is 0 Å². The molecule has 4 nitrogen and oxygen atoms in total. The maximum absolute atomic E-state index is 12.2. The van der Waals surface area contributed by atoms with E-state index >= 15 is 0 Å². The molecule has 0 aliphatic heterocycles. The highest BCUT2D eigenvalue weighted by molar-refractivity contribution is 7.89. The lowest BCUT2D eigenvalue weighted by Crippen LogP contribution is -2.23. The van der Waals surface area contributed by atoms with Gasteiger partial charge in [-0.05, 0) is 41.7 Å². The maximum atomic E-state index is 12.2. The number of pyridine rings is 1. The normalized spacial score (nSPS) is 11.8. The van der Waals surface area contributed by atoms with E-state index in [0.717, 1.165) is 17.5 Å². The van der Waals surface area contributed by atoms with Gasteiger partial charge in [-0.2, -0.15) is 0 Å². The molecule has 1 aromatic carbocycles. The molecule has 0 fully saturated rings. The fraction of sp³-hybridized carbons (Fsp3) is 0.312. The lowest BCUT2D eigenvalue weighted by Gasteiger charge is -2.08. The van der Waals surface area contributed by atoms with Gasteiger partial charge >= 0.3 is 0 Å². The first-order chi connectivity index (χ1) is 9.97. The molecular weight excluding hydrogens is 284 g/mol. The number of benzene rings is 1. The van der Waals surface area contributed by atoms with Crippen LogP contribution in [0, 0.1) is 5.92 Å². The number of nitrogens with zero attached hydrogens (tertiary/aromatic N) is 1. The minimum atomic E-state index is -3.48. The van der Waals surface area contributed by atoms with Gasteiger partial charge in [0.2, 0.25) is 10.0 Å². The van der Waals surface area contributed by atoms with Crippen LogP contribution in [0.1, 0.15) is 25.0 Å². The highest BCUT2D eigenvalue weighted by atomic mass is 32.2. The first-order valence-electron chi connectivity index (χ1n) is 6.95. The van der Waals surface area contributed by atoms with Gasteiger partial charge in [0.15, 0.2) is 0 Å². The quantitative estimate of drug-likeness (QED) is 0.892. The van der Waals surface area contributed by atoms with E-state index in [2.05, 4.69) is 23.6 Å². The van der Waals surface area contributed by atoms with E-state index in [1.54, 1.807) is 30.6 Å². The molecule has 2 rings (SSSR count). The van der Waals surface area contributed by atoms with Gasteiger partial charge in [-0.1, -0.05) is 32.0 Å². The summed E-state index contributed by atoms with van der Waals surface area (Å²) in [5, 5.41) is 0. The molecule has 0 saturated heterocycles.